The minimum atomic E-state index is -0.695. The van der Waals surface area contributed by atoms with E-state index >= 15 is 0 Å². The smallest absolute Gasteiger partial charge is 0.407 e. The van der Waals surface area contributed by atoms with Gasteiger partial charge in [0.25, 0.3) is 0 Å². The number of nitrogens with one attached hydrogen (secondary N) is 4. The predicted molar refractivity (Wildman–Crippen MR) is 191 cm³/mol. The highest BCUT2D eigenvalue weighted by molar-refractivity contribution is 7.27. The zero-order valence-corrected chi connectivity index (χ0v) is 30.7. The van der Waals surface area contributed by atoms with Gasteiger partial charge in [0.2, 0.25) is 11.8 Å². The molecule has 0 aliphatic carbocycles. The number of rotatable bonds is 10. The second-order valence-corrected chi connectivity index (χ2v) is 15.2. The van der Waals surface area contributed by atoms with Gasteiger partial charge in [0.05, 0.1) is 59.5 Å². The number of fused-ring (bicyclic) bond motifs is 1. The van der Waals surface area contributed by atoms with Crippen LogP contribution in [0.4, 0.5) is 9.59 Å². The van der Waals surface area contributed by atoms with Crippen molar-refractivity contribution in [3.05, 3.63) is 34.8 Å². The van der Waals surface area contributed by atoms with E-state index in [0.29, 0.717) is 13.1 Å². The molecule has 0 radical (unpaired) electrons. The molecule has 4 amide bonds. The fraction of sp³-hybridized carbons (Fsp3) is 0.529. The fourth-order valence-electron chi connectivity index (χ4n) is 6.86. The Kier molecular flexibility index (Phi) is 10.5. The summed E-state index contributed by atoms with van der Waals surface area (Å²) >= 11 is 3.28. The van der Waals surface area contributed by atoms with Crippen LogP contribution in [0.2, 0.25) is 0 Å². The summed E-state index contributed by atoms with van der Waals surface area (Å²) in [6.07, 6.45) is 5.62. The summed E-state index contributed by atoms with van der Waals surface area (Å²) in [6.45, 7) is 8.77. The minimum Gasteiger partial charge on any atom is -0.453 e. The van der Waals surface area contributed by atoms with Crippen LogP contribution in [0.15, 0.2) is 23.2 Å². The van der Waals surface area contributed by atoms with Crippen molar-refractivity contribution in [2.45, 2.75) is 77.5 Å². The van der Waals surface area contributed by atoms with Gasteiger partial charge in [-0.05, 0) is 37.5 Å². The van der Waals surface area contributed by atoms with Gasteiger partial charge in [-0.25, -0.2) is 19.6 Å². The standard InChI is InChI=1S/C34H44N8O6S2/c1-17(2)25(39-33(45)47-5)31(43)41-11-7-9-23(41)29-35-13-21(37-29)19-15-49-28-20(16-50-27(19)28)22-14-36-30(38-22)24-10-8-12-42(24)32(44)26(18(3)4)40-34(46)48-6/h13-18,23-26H,7-12H2,1-6H3,(H,35,37)(H,36,38)(H,39,45)(H,40,46)/t23?,24?,25-,26-/m0/s1. The summed E-state index contributed by atoms with van der Waals surface area (Å²) in [6, 6.07) is -1.83. The molecule has 0 bridgehead atoms. The number of aromatic amines is 2. The quantitative estimate of drug-likeness (QED) is 0.158. The van der Waals surface area contributed by atoms with Gasteiger partial charge in [-0.15, -0.1) is 22.7 Å². The van der Waals surface area contributed by atoms with Crippen LogP contribution in [-0.4, -0.2) is 93.1 Å². The van der Waals surface area contributed by atoms with Crippen molar-refractivity contribution in [2.24, 2.45) is 11.8 Å². The number of ether oxygens (including phenoxy) is 2. The number of carbonyl (C=O) groups is 4. The van der Waals surface area contributed by atoms with E-state index in [1.54, 1.807) is 22.7 Å². The number of hydrogen-bond donors (Lipinski definition) is 4. The Hall–Kier alpha value is -4.44. The molecule has 0 saturated carbocycles. The van der Waals surface area contributed by atoms with Gasteiger partial charge in [-0.2, -0.15) is 0 Å². The van der Waals surface area contributed by atoms with Crippen LogP contribution in [-0.2, 0) is 19.1 Å². The maximum absolute atomic E-state index is 13.6. The predicted octanol–water partition coefficient (Wildman–Crippen LogP) is 5.83. The van der Waals surface area contributed by atoms with Gasteiger partial charge in [0, 0.05) is 35.0 Å². The molecule has 4 aromatic heterocycles. The second kappa shape index (κ2) is 14.8. The molecule has 2 fully saturated rings. The molecular weight excluding hydrogens is 681 g/mol. The van der Waals surface area contributed by atoms with Crippen LogP contribution in [0, 0.1) is 11.8 Å². The molecule has 2 aliphatic rings. The van der Waals surface area contributed by atoms with Crippen LogP contribution in [0.3, 0.4) is 0 Å². The first-order chi connectivity index (χ1) is 24.0. The van der Waals surface area contributed by atoms with Crippen LogP contribution in [0.1, 0.15) is 77.1 Å². The molecule has 4 N–H and O–H groups in total. The van der Waals surface area contributed by atoms with Crippen molar-refractivity contribution in [1.29, 1.82) is 0 Å². The van der Waals surface area contributed by atoms with Crippen LogP contribution in [0.5, 0.6) is 0 Å². The summed E-state index contributed by atoms with van der Waals surface area (Å²) < 4.78 is 11.7. The zero-order chi connectivity index (χ0) is 35.7. The lowest BCUT2D eigenvalue weighted by molar-refractivity contribution is -0.136. The molecule has 6 rings (SSSR count). The number of nitrogens with zero attached hydrogens (tertiary/aromatic N) is 4. The fourth-order valence-corrected chi connectivity index (χ4v) is 9.29. The third kappa shape index (κ3) is 6.82. The normalized spacial score (nSPS) is 19.0. The second-order valence-electron chi connectivity index (χ2n) is 13.4. The van der Waals surface area contributed by atoms with Gasteiger partial charge < -0.3 is 39.9 Å². The highest BCUT2D eigenvalue weighted by Crippen LogP contribution is 2.44. The lowest BCUT2D eigenvalue weighted by Crippen LogP contribution is -2.51. The first-order valence-electron chi connectivity index (χ1n) is 16.9. The Labute approximate surface area is 298 Å². The SMILES string of the molecule is COC(=O)N[C@H](C(=O)N1CCCC1c1ncc(-c2csc3c(-c4cnc(C5CCCN5C(=O)[C@@H](NC(=O)OC)C(C)C)[nH]4)csc23)[nH]1)C(C)C. The molecule has 4 aromatic rings. The highest BCUT2D eigenvalue weighted by Gasteiger charge is 2.39. The summed E-state index contributed by atoms with van der Waals surface area (Å²) in [5.41, 5.74) is 3.82. The summed E-state index contributed by atoms with van der Waals surface area (Å²) in [5, 5.41) is 9.62. The number of amides is 4. The maximum atomic E-state index is 13.6. The molecular formula is C34H44N8O6S2. The van der Waals surface area contributed by atoms with E-state index in [-0.39, 0.29) is 35.7 Å². The Bertz CT molecular complexity index is 1730. The number of hydrogen-bond acceptors (Lipinski definition) is 10. The molecule has 14 nitrogen and oxygen atoms in total. The summed E-state index contributed by atoms with van der Waals surface area (Å²) in [4.78, 5) is 71.1. The van der Waals surface area contributed by atoms with Crippen molar-refractivity contribution >= 4 is 56.1 Å². The first-order valence-corrected chi connectivity index (χ1v) is 18.7. The third-order valence-electron chi connectivity index (χ3n) is 9.54. The number of aromatic nitrogens is 4. The first kappa shape index (κ1) is 35.4. The number of thiophene rings is 2. The van der Waals surface area contributed by atoms with Crippen molar-refractivity contribution in [3.8, 4) is 22.5 Å². The Morgan fingerprint density at radius 2 is 1.14 bits per heavy atom. The third-order valence-corrected chi connectivity index (χ3v) is 11.7. The van der Waals surface area contributed by atoms with Crippen molar-refractivity contribution < 1.29 is 28.7 Å². The molecule has 2 aliphatic heterocycles. The molecule has 268 valence electrons. The topological polar surface area (TPSA) is 175 Å². The van der Waals surface area contributed by atoms with Gasteiger partial charge in [0.15, 0.2) is 0 Å². The number of carbonyl (C=O) groups excluding carboxylic acids is 4. The Morgan fingerprint density at radius 3 is 1.50 bits per heavy atom. The van der Waals surface area contributed by atoms with Crippen molar-refractivity contribution in [1.82, 2.24) is 40.4 Å². The van der Waals surface area contributed by atoms with Gasteiger partial charge in [0.1, 0.15) is 23.7 Å². The molecule has 6 heterocycles. The van der Waals surface area contributed by atoms with E-state index in [4.69, 9.17) is 19.4 Å². The van der Waals surface area contributed by atoms with Gasteiger partial charge >= 0.3 is 12.2 Å². The van der Waals surface area contributed by atoms with Gasteiger partial charge in [-0.3, -0.25) is 9.59 Å². The van der Waals surface area contributed by atoms with Crippen LogP contribution >= 0.6 is 22.7 Å². The number of imidazole rings is 2. The monoisotopic (exact) mass is 724 g/mol. The average Bonchev–Trinajstić information content (AvgIpc) is 3.94. The molecule has 0 spiro atoms. The molecule has 0 aromatic carbocycles. The van der Waals surface area contributed by atoms with Gasteiger partial charge in [-0.1, -0.05) is 27.7 Å². The summed E-state index contributed by atoms with van der Waals surface area (Å²) in [5.74, 6) is 0.929. The number of likely N-dealkylation sites (tertiary alicyclic amines) is 2. The lowest BCUT2D eigenvalue weighted by Gasteiger charge is -2.30. The summed E-state index contributed by atoms with van der Waals surface area (Å²) in [7, 11) is 2.57. The van der Waals surface area contributed by atoms with E-state index in [0.717, 1.165) is 69.2 Å². The van der Waals surface area contributed by atoms with Crippen LogP contribution < -0.4 is 10.6 Å². The largest absolute Gasteiger partial charge is 0.453 e. The van der Waals surface area contributed by atoms with E-state index in [1.807, 2.05) is 49.9 Å². The minimum absolute atomic E-state index is 0.111. The van der Waals surface area contributed by atoms with Crippen LogP contribution in [0.25, 0.3) is 31.9 Å². The number of H-pyrrole nitrogens is 2. The Morgan fingerprint density at radius 1 is 0.740 bits per heavy atom. The molecule has 2 unspecified atom stereocenters. The van der Waals surface area contributed by atoms with E-state index < -0.39 is 24.3 Å². The maximum Gasteiger partial charge on any atom is 0.407 e. The number of methoxy groups -OCH3 is 2. The highest BCUT2D eigenvalue weighted by atomic mass is 32.1. The van der Waals surface area contributed by atoms with Crippen molar-refractivity contribution in [3.63, 3.8) is 0 Å². The average molecular weight is 725 g/mol. The molecule has 2 saturated heterocycles. The van der Waals surface area contributed by atoms with E-state index in [9.17, 15) is 19.2 Å². The molecule has 4 atom stereocenters. The molecule has 16 heteroatoms. The number of alkyl carbamates (subject to hydrolysis) is 2. The Balaban J connectivity index is 1.20. The lowest BCUT2D eigenvalue weighted by atomic mass is 10.0. The van der Waals surface area contributed by atoms with Crippen molar-refractivity contribution in [2.75, 3.05) is 27.3 Å². The zero-order valence-electron chi connectivity index (χ0n) is 29.1. The van der Waals surface area contributed by atoms with E-state index in [1.165, 1.54) is 14.2 Å². The van der Waals surface area contributed by atoms with E-state index in [2.05, 4.69) is 31.4 Å². The molecule has 50 heavy (non-hydrogen) atoms.